The van der Waals surface area contributed by atoms with Crippen molar-refractivity contribution in [1.29, 1.82) is 0 Å². The van der Waals surface area contributed by atoms with Gasteiger partial charge in [0, 0.05) is 12.7 Å². The lowest BCUT2D eigenvalue weighted by Crippen LogP contribution is -2.24. The molecule has 1 unspecified atom stereocenters. The number of allylic oxidation sites excluding steroid dienone is 1. The van der Waals surface area contributed by atoms with E-state index in [2.05, 4.69) is 92.2 Å². The summed E-state index contributed by atoms with van der Waals surface area (Å²) in [4.78, 5) is 2.34. The molecule has 0 aliphatic rings. The van der Waals surface area contributed by atoms with Crippen molar-refractivity contribution < 1.29 is 0 Å². The van der Waals surface area contributed by atoms with Crippen molar-refractivity contribution in [3.8, 4) is 0 Å². The molecule has 21 heavy (non-hydrogen) atoms. The van der Waals surface area contributed by atoms with Gasteiger partial charge in [-0.1, -0.05) is 66.8 Å². The van der Waals surface area contributed by atoms with E-state index < -0.39 is 0 Å². The fourth-order valence-electron chi connectivity index (χ4n) is 2.65. The first-order valence-corrected chi connectivity index (χ1v) is 7.38. The molecule has 108 valence electrons. The van der Waals surface area contributed by atoms with Crippen molar-refractivity contribution in [2.75, 3.05) is 11.9 Å². The van der Waals surface area contributed by atoms with Crippen molar-refractivity contribution >= 4 is 11.8 Å². The summed E-state index contributed by atoms with van der Waals surface area (Å²) < 4.78 is 0. The Balaban J connectivity index is 2.39. The molecule has 0 heterocycles. The molecule has 0 saturated carbocycles. The van der Waals surface area contributed by atoms with Crippen LogP contribution in [0.4, 0.5) is 5.69 Å². The molecule has 1 atom stereocenters. The van der Waals surface area contributed by atoms with E-state index in [1.807, 2.05) is 6.08 Å². The number of benzene rings is 2. The van der Waals surface area contributed by atoms with Gasteiger partial charge >= 0.3 is 0 Å². The molecule has 1 heteroatoms. The summed E-state index contributed by atoms with van der Waals surface area (Å²) in [5, 5.41) is 0. The second-order valence-corrected chi connectivity index (χ2v) is 5.12. The zero-order chi connectivity index (χ0) is 15.1. The normalized spacial score (nSPS) is 12.3. The van der Waals surface area contributed by atoms with Gasteiger partial charge in [0.15, 0.2) is 0 Å². The van der Waals surface area contributed by atoms with Crippen LogP contribution in [-0.4, -0.2) is 7.05 Å². The van der Waals surface area contributed by atoms with Gasteiger partial charge in [-0.2, -0.15) is 0 Å². The predicted molar refractivity (Wildman–Crippen MR) is 93.6 cm³/mol. The molecule has 0 saturated heterocycles. The average molecular weight is 277 g/mol. The van der Waals surface area contributed by atoms with Gasteiger partial charge in [-0.15, -0.1) is 6.58 Å². The van der Waals surface area contributed by atoms with E-state index in [1.165, 1.54) is 16.8 Å². The van der Waals surface area contributed by atoms with Crippen molar-refractivity contribution in [2.45, 2.75) is 19.4 Å². The maximum atomic E-state index is 3.92. The molecule has 0 aliphatic heterocycles. The lowest BCUT2D eigenvalue weighted by molar-refractivity contribution is 0.681. The topological polar surface area (TPSA) is 3.24 Å². The Kier molecular flexibility index (Phi) is 5.39. The Hall–Kier alpha value is -2.28. The number of rotatable bonds is 6. The fourth-order valence-corrected chi connectivity index (χ4v) is 2.65. The average Bonchev–Trinajstić information content (AvgIpc) is 2.54. The molecule has 0 aliphatic carbocycles. The van der Waals surface area contributed by atoms with Crippen LogP contribution in [0.15, 0.2) is 73.3 Å². The van der Waals surface area contributed by atoms with Gasteiger partial charge in [0.1, 0.15) is 0 Å². The largest absolute Gasteiger partial charge is 0.367 e. The highest BCUT2D eigenvalue weighted by atomic mass is 15.1. The van der Waals surface area contributed by atoms with Crippen LogP contribution in [-0.2, 0) is 0 Å². The van der Waals surface area contributed by atoms with Crippen LogP contribution in [0.25, 0.3) is 6.08 Å². The third kappa shape index (κ3) is 3.63. The number of nitrogens with zero attached hydrogens (tertiary/aromatic N) is 1. The third-order valence-electron chi connectivity index (χ3n) is 3.70. The van der Waals surface area contributed by atoms with E-state index in [0.717, 1.165) is 6.42 Å². The maximum Gasteiger partial charge on any atom is 0.0573 e. The Labute approximate surface area is 128 Å². The van der Waals surface area contributed by atoms with Crippen LogP contribution < -0.4 is 4.90 Å². The van der Waals surface area contributed by atoms with E-state index in [1.54, 1.807) is 0 Å². The second-order valence-electron chi connectivity index (χ2n) is 5.12. The molecule has 0 spiro atoms. The van der Waals surface area contributed by atoms with Crippen LogP contribution in [0.3, 0.4) is 0 Å². The number of hydrogen-bond donors (Lipinski definition) is 0. The molecule has 2 aromatic carbocycles. The molecule has 1 nitrogen and oxygen atoms in total. The van der Waals surface area contributed by atoms with Crippen molar-refractivity contribution in [3.63, 3.8) is 0 Å². The standard InChI is InChI=1S/C20H23N/c1-4-11-17-15-9-10-16-20(17)21(3)19(12-5-2)18-13-7-6-8-14-18/h4-11,13-16,19H,2,12H2,1,3H3/b11-4+. The van der Waals surface area contributed by atoms with E-state index in [-0.39, 0.29) is 0 Å². The monoisotopic (exact) mass is 277 g/mol. The molecule has 0 aromatic heterocycles. The molecule has 0 fully saturated rings. The second kappa shape index (κ2) is 7.49. The van der Waals surface area contributed by atoms with E-state index >= 15 is 0 Å². The zero-order valence-corrected chi connectivity index (χ0v) is 12.9. The van der Waals surface area contributed by atoms with Gasteiger partial charge in [-0.3, -0.25) is 0 Å². The quantitative estimate of drug-likeness (QED) is 0.632. The van der Waals surface area contributed by atoms with E-state index in [4.69, 9.17) is 0 Å². The van der Waals surface area contributed by atoms with E-state index in [9.17, 15) is 0 Å². The number of hydrogen-bond acceptors (Lipinski definition) is 1. The van der Waals surface area contributed by atoms with Crippen molar-refractivity contribution in [3.05, 3.63) is 84.5 Å². The lowest BCUT2D eigenvalue weighted by Gasteiger charge is -2.31. The summed E-state index contributed by atoms with van der Waals surface area (Å²) in [5.41, 5.74) is 3.80. The van der Waals surface area contributed by atoms with Gasteiger partial charge in [-0.05, 0) is 30.5 Å². The van der Waals surface area contributed by atoms with Crippen LogP contribution in [0.1, 0.15) is 30.5 Å². The van der Waals surface area contributed by atoms with Gasteiger partial charge < -0.3 is 4.90 Å². The van der Waals surface area contributed by atoms with Gasteiger partial charge in [0.2, 0.25) is 0 Å². The highest BCUT2D eigenvalue weighted by molar-refractivity contribution is 5.68. The zero-order valence-electron chi connectivity index (χ0n) is 12.9. The fraction of sp³-hybridized carbons (Fsp3) is 0.200. The third-order valence-corrected chi connectivity index (χ3v) is 3.70. The smallest absolute Gasteiger partial charge is 0.0573 e. The Morgan fingerprint density at radius 3 is 2.38 bits per heavy atom. The lowest BCUT2D eigenvalue weighted by atomic mass is 10.0. The Bertz CT molecular complexity index is 598. The molecule has 0 radical (unpaired) electrons. The number of anilines is 1. The molecule has 0 bridgehead atoms. The van der Waals surface area contributed by atoms with Crippen LogP contribution >= 0.6 is 0 Å². The molecule has 2 rings (SSSR count). The first kappa shape index (κ1) is 15.1. The molecule has 2 aromatic rings. The SMILES string of the molecule is C=CCC(c1ccccc1)N(C)c1ccccc1/C=C/C. The summed E-state index contributed by atoms with van der Waals surface area (Å²) >= 11 is 0. The summed E-state index contributed by atoms with van der Waals surface area (Å²) in [6.07, 6.45) is 7.15. The summed E-state index contributed by atoms with van der Waals surface area (Å²) in [5.74, 6) is 0. The number of para-hydroxylation sites is 1. The summed E-state index contributed by atoms with van der Waals surface area (Å²) in [7, 11) is 2.16. The van der Waals surface area contributed by atoms with E-state index in [0.29, 0.717) is 6.04 Å². The van der Waals surface area contributed by atoms with Crippen LogP contribution in [0.5, 0.6) is 0 Å². The predicted octanol–water partition coefficient (Wildman–Crippen LogP) is 5.47. The molecule has 0 amide bonds. The van der Waals surface area contributed by atoms with Crippen LogP contribution in [0.2, 0.25) is 0 Å². The summed E-state index contributed by atoms with van der Waals surface area (Å²) in [6.45, 7) is 5.97. The maximum absolute atomic E-state index is 3.92. The highest BCUT2D eigenvalue weighted by Gasteiger charge is 2.17. The van der Waals surface area contributed by atoms with Crippen molar-refractivity contribution in [2.24, 2.45) is 0 Å². The van der Waals surface area contributed by atoms with Crippen LogP contribution in [0, 0.1) is 0 Å². The Morgan fingerprint density at radius 1 is 1.05 bits per heavy atom. The molecular formula is C20H23N. The Morgan fingerprint density at radius 2 is 1.71 bits per heavy atom. The van der Waals surface area contributed by atoms with Gasteiger partial charge in [-0.25, -0.2) is 0 Å². The highest BCUT2D eigenvalue weighted by Crippen LogP contribution is 2.31. The van der Waals surface area contributed by atoms with Crippen molar-refractivity contribution in [1.82, 2.24) is 0 Å². The van der Waals surface area contributed by atoms with Gasteiger partial charge in [0.05, 0.1) is 6.04 Å². The molecule has 0 N–H and O–H groups in total. The minimum absolute atomic E-state index is 0.301. The first-order chi connectivity index (χ1) is 10.3. The minimum atomic E-state index is 0.301. The first-order valence-electron chi connectivity index (χ1n) is 7.38. The summed E-state index contributed by atoms with van der Waals surface area (Å²) in [6, 6.07) is 19.4. The van der Waals surface area contributed by atoms with Gasteiger partial charge in [0.25, 0.3) is 0 Å². The molecular weight excluding hydrogens is 254 g/mol. The minimum Gasteiger partial charge on any atom is -0.367 e.